The molecule has 0 N–H and O–H groups in total. The van der Waals surface area contributed by atoms with E-state index in [1.54, 1.807) is 7.11 Å². The van der Waals surface area contributed by atoms with Gasteiger partial charge < -0.3 is 0 Å². The SMILES string of the molecule is CON1CO1. The molecule has 1 unspecified atom stereocenters. The van der Waals surface area contributed by atoms with Crippen molar-refractivity contribution in [2.45, 2.75) is 0 Å². The van der Waals surface area contributed by atoms with E-state index in [2.05, 4.69) is 9.68 Å². The monoisotopic (exact) mass is 75.0 g/mol. The molecule has 1 aliphatic rings. The van der Waals surface area contributed by atoms with Crippen LogP contribution in [0.5, 0.6) is 0 Å². The summed E-state index contributed by atoms with van der Waals surface area (Å²) in [6, 6.07) is 0. The van der Waals surface area contributed by atoms with Crippen LogP contribution in [-0.2, 0) is 9.68 Å². The van der Waals surface area contributed by atoms with Crippen molar-refractivity contribution >= 4 is 0 Å². The Bertz CT molecular complexity index is 34.6. The van der Waals surface area contributed by atoms with E-state index in [0.717, 1.165) is 0 Å². The average Bonchev–Trinajstić information content (AvgIpc) is 2.12. The molecule has 0 radical (unpaired) electrons. The molecule has 1 heterocycles. The smallest absolute Gasteiger partial charge is 0.174 e. The van der Waals surface area contributed by atoms with Gasteiger partial charge in [-0.3, -0.25) is 9.68 Å². The maximum absolute atomic E-state index is 4.47. The van der Waals surface area contributed by atoms with Gasteiger partial charge in [0.2, 0.25) is 0 Å². The molecule has 1 saturated heterocycles. The highest BCUT2D eigenvalue weighted by Gasteiger charge is 2.16. The molecule has 1 rings (SSSR count). The van der Waals surface area contributed by atoms with Gasteiger partial charge in [-0.05, 0) is 5.23 Å². The fourth-order valence-electron chi connectivity index (χ4n) is 0.129. The average molecular weight is 75.1 g/mol. The molecule has 0 aromatic rings. The van der Waals surface area contributed by atoms with Gasteiger partial charge in [0.25, 0.3) is 0 Å². The van der Waals surface area contributed by atoms with E-state index in [1.807, 2.05) is 0 Å². The predicted molar refractivity (Wildman–Crippen MR) is 14.8 cm³/mol. The van der Waals surface area contributed by atoms with Gasteiger partial charge in [0.15, 0.2) is 6.73 Å². The van der Waals surface area contributed by atoms with Crippen molar-refractivity contribution in [3.63, 3.8) is 0 Å². The summed E-state index contributed by atoms with van der Waals surface area (Å²) < 4.78 is 0. The molecule has 0 saturated carbocycles. The Kier molecular flexibility index (Phi) is 0.574. The number of nitrogens with zero attached hydrogens (tertiary/aromatic N) is 1. The van der Waals surface area contributed by atoms with Crippen LogP contribution in [0.1, 0.15) is 0 Å². The molecule has 5 heavy (non-hydrogen) atoms. The quantitative estimate of drug-likeness (QED) is 0.402. The molecule has 1 aliphatic heterocycles. The van der Waals surface area contributed by atoms with E-state index in [4.69, 9.17) is 0 Å². The van der Waals surface area contributed by atoms with E-state index in [1.165, 1.54) is 5.23 Å². The number of rotatable bonds is 1. The van der Waals surface area contributed by atoms with Crippen molar-refractivity contribution in [2.75, 3.05) is 13.8 Å². The van der Waals surface area contributed by atoms with Gasteiger partial charge in [-0.25, -0.2) is 0 Å². The van der Waals surface area contributed by atoms with Crippen LogP contribution in [0.15, 0.2) is 0 Å². The van der Waals surface area contributed by atoms with Crippen molar-refractivity contribution in [3.8, 4) is 0 Å². The summed E-state index contributed by atoms with van der Waals surface area (Å²) in [7, 11) is 1.56. The number of hydrogen-bond acceptors (Lipinski definition) is 3. The van der Waals surface area contributed by atoms with Crippen molar-refractivity contribution in [1.82, 2.24) is 5.23 Å². The lowest BCUT2D eigenvalue weighted by atomic mass is 11.5. The van der Waals surface area contributed by atoms with E-state index < -0.39 is 0 Å². The van der Waals surface area contributed by atoms with Crippen molar-refractivity contribution in [3.05, 3.63) is 0 Å². The minimum atomic E-state index is 0.622. The maximum Gasteiger partial charge on any atom is 0.174 e. The standard InChI is InChI=1S/C2H5NO2/c1-4-3-2-5-3/h2H2,1H3. The van der Waals surface area contributed by atoms with Gasteiger partial charge >= 0.3 is 0 Å². The molecule has 3 heteroatoms. The Morgan fingerprint density at radius 1 is 2.00 bits per heavy atom. The van der Waals surface area contributed by atoms with E-state index >= 15 is 0 Å². The van der Waals surface area contributed by atoms with Crippen LogP contribution in [0.3, 0.4) is 0 Å². The van der Waals surface area contributed by atoms with Crippen LogP contribution in [0.4, 0.5) is 0 Å². The third kappa shape index (κ3) is 0.576. The molecule has 0 aromatic heterocycles. The normalized spacial score (nSPS) is 34.2. The second-order valence-electron chi connectivity index (χ2n) is 0.774. The summed E-state index contributed by atoms with van der Waals surface area (Å²) in [4.78, 5) is 8.94. The molecular formula is C2H5NO2. The Balaban J connectivity index is 2.00. The van der Waals surface area contributed by atoms with Crippen molar-refractivity contribution in [2.24, 2.45) is 0 Å². The van der Waals surface area contributed by atoms with Crippen LogP contribution >= 0.6 is 0 Å². The predicted octanol–water partition coefficient (Wildman–Crippen LogP) is -0.248. The van der Waals surface area contributed by atoms with E-state index in [9.17, 15) is 0 Å². The molecule has 30 valence electrons. The third-order valence-corrected chi connectivity index (χ3v) is 0.438. The number of hydroxylamine groups is 2. The summed E-state index contributed by atoms with van der Waals surface area (Å²) in [5.41, 5.74) is 0. The Labute approximate surface area is 30.0 Å². The largest absolute Gasteiger partial charge is 0.275 e. The molecule has 0 spiro atoms. The molecule has 0 amide bonds. The van der Waals surface area contributed by atoms with E-state index in [-0.39, 0.29) is 0 Å². The Hall–Kier alpha value is -0.120. The fourth-order valence-corrected chi connectivity index (χ4v) is 0.129. The summed E-state index contributed by atoms with van der Waals surface area (Å²) in [5, 5.41) is 1.38. The molecule has 0 aromatic carbocycles. The first kappa shape index (κ1) is 3.08. The first-order chi connectivity index (χ1) is 2.43. The van der Waals surface area contributed by atoms with Gasteiger partial charge in [-0.2, -0.15) is 0 Å². The molecule has 0 aliphatic carbocycles. The second kappa shape index (κ2) is 0.931. The Morgan fingerprint density at radius 2 is 2.60 bits per heavy atom. The van der Waals surface area contributed by atoms with Gasteiger partial charge in [-0.15, -0.1) is 0 Å². The summed E-state index contributed by atoms with van der Waals surface area (Å²) in [6.45, 7) is 0.622. The zero-order valence-electron chi connectivity index (χ0n) is 2.97. The second-order valence-corrected chi connectivity index (χ2v) is 0.774. The third-order valence-electron chi connectivity index (χ3n) is 0.438. The van der Waals surface area contributed by atoms with Crippen LogP contribution in [0.25, 0.3) is 0 Å². The molecule has 1 atom stereocenters. The van der Waals surface area contributed by atoms with Crippen molar-refractivity contribution in [1.29, 1.82) is 0 Å². The molecule has 3 nitrogen and oxygen atoms in total. The first-order valence-electron chi connectivity index (χ1n) is 1.38. The van der Waals surface area contributed by atoms with Gasteiger partial charge in [0.1, 0.15) is 0 Å². The van der Waals surface area contributed by atoms with E-state index in [0.29, 0.717) is 6.73 Å². The van der Waals surface area contributed by atoms with Crippen LogP contribution < -0.4 is 0 Å². The zero-order valence-corrected chi connectivity index (χ0v) is 2.97. The van der Waals surface area contributed by atoms with Gasteiger partial charge in [0, 0.05) is 0 Å². The van der Waals surface area contributed by atoms with Crippen molar-refractivity contribution < 1.29 is 9.68 Å². The highest BCUT2D eigenvalue weighted by atomic mass is 17.1. The minimum absolute atomic E-state index is 0.622. The Morgan fingerprint density at radius 3 is 2.60 bits per heavy atom. The lowest BCUT2D eigenvalue weighted by molar-refractivity contribution is -0.136. The fraction of sp³-hybridized carbons (Fsp3) is 1.00. The summed E-state index contributed by atoms with van der Waals surface area (Å²) >= 11 is 0. The lowest BCUT2D eigenvalue weighted by Gasteiger charge is -1.80. The first-order valence-corrected chi connectivity index (χ1v) is 1.38. The lowest BCUT2D eigenvalue weighted by Crippen LogP contribution is -1.88. The molecular weight excluding hydrogens is 70.0 g/mol. The minimum Gasteiger partial charge on any atom is -0.275 e. The highest BCUT2D eigenvalue weighted by molar-refractivity contribution is 4.18. The maximum atomic E-state index is 4.47. The molecule has 0 bridgehead atoms. The number of hydrogen-bond donors (Lipinski definition) is 0. The highest BCUT2D eigenvalue weighted by Crippen LogP contribution is 2.02. The summed E-state index contributed by atoms with van der Waals surface area (Å²) in [5.74, 6) is 0. The van der Waals surface area contributed by atoms with Gasteiger partial charge in [-0.1, -0.05) is 0 Å². The topological polar surface area (TPSA) is 24.8 Å². The van der Waals surface area contributed by atoms with Crippen LogP contribution in [0, 0.1) is 0 Å². The van der Waals surface area contributed by atoms with Crippen LogP contribution in [0.2, 0.25) is 0 Å². The van der Waals surface area contributed by atoms with Gasteiger partial charge in [0.05, 0.1) is 7.11 Å². The molecule has 1 fully saturated rings. The zero-order chi connectivity index (χ0) is 3.70. The van der Waals surface area contributed by atoms with Crippen LogP contribution in [-0.4, -0.2) is 19.1 Å². The summed E-state index contributed by atoms with van der Waals surface area (Å²) in [6.07, 6.45) is 0.